The standard InChI is InChI=1S/C10H12ClNO/c1-8(11)10(13)12(2)9-6-4-3-5-7-9/h3-8H,1-2H3/t8-/m1/s1. The van der Waals surface area contributed by atoms with Crippen LogP contribution in [-0.4, -0.2) is 18.3 Å². The second-order valence-electron chi connectivity index (χ2n) is 2.85. The lowest BCUT2D eigenvalue weighted by Gasteiger charge is -2.18. The predicted octanol–water partition coefficient (Wildman–Crippen LogP) is 2.28. The topological polar surface area (TPSA) is 20.3 Å². The molecule has 2 nitrogen and oxygen atoms in total. The molecule has 1 amide bonds. The van der Waals surface area contributed by atoms with E-state index < -0.39 is 5.38 Å². The highest BCUT2D eigenvalue weighted by Crippen LogP contribution is 2.13. The Morgan fingerprint density at radius 2 is 1.92 bits per heavy atom. The lowest BCUT2D eigenvalue weighted by Crippen LogP contribution is -2.31. The summed E-state index contributed by atoms with van der Waals surface area (Å²) in [6, 6.07) is 9.43. The zero-order chi connectivity index (χ0) is 9.84. The van der Waals surface area contributed by atoms with E-state index in [9.17, 15) is 4.79 Å². The molecule has 0 aromatic heterocycles. The summed E-state index contributed by atoms with van der Waals surface area (Å²) in [6.45, 7) is 1.67. The number of carbonyl (C=O) groups is 1. The van der Waals surface area contributed by atoms with Crippen LogP contribution < -0.4 is 4.90 Å². The summed E-state index contributed by atoms with van der Waals surface area (Å²) in [6.07, 6.45) is 0. The molecule has 0 fully saturated rings. The van der Waals surface area contributed by atoms with Crippen molar-refractivity contribution in [1.29, 1.82) is 0 Å². The minimum Gasteiger partial charge on any atom is -0.314 e. The van der Waals surface area contributed by atoms with E-state index in [1.807, 2.05) is 30.3 Å². The Hall–Kier alpha value is -1.02. The number of amides is 1. The first-order valence-corrected chi connectivity index (χ1v) is 4.53. The Kier molecular flexibility index (Phi) is 3.32. The zero-order valence-corrected chi connectivity index (χ0v) is 8.45. The minimum absolute atomic E-state index is 0.0899. The summed E-state index contributed by atoms with van der Waals surface area (Å²) < 4.78 is 0. The molecule has 0 aliphatic carbocycles. The van der Waals surface area contributed by atoms with Crippen LogP contribution in [0.1, 0.15) is 6.92 Å². The van der Waals surface area contributed by atoms with Crippen LogP contribution in [0.2, 0.25) is 0 Å². The van der Waals surface area contributed by atoms with Gasteiger partial charge in [0.1, 0.15) is 5.38 Å². The SMILES string of the molecule is C[C@@H](Cl)C(=O)N(C)c1ccccc1. The van der Waals surface area contributed by atoms with Gasteiger partial charge in [-0.05, 0) is 19.1 Å². The monoisotopic (exact) mass is 197 g/mol. The zero-order valence-electron chi connectivity index (χ0n) is 7.70. The third kappa shape index (κ3) is 2.46. The van der Waals surface area contributed by atoms with E-state index in [1.165, 1.54) is 0 Å². The van der Waals surface area contributed by atoms with Gasteiger partial charge in [0.2, 0.25) is 5.91 Å². The van der Waals surface area contributed by atoms with Gasteiger partial charge in [0.15, 0.2) is 0 Å². The van der Waals surface area contributed by atoms with Crippen LogP contribution in [-0.2, 0) is 4.79 Å². The van der Waals surface area contributed by atoms with Crippen LogP contribution in [0.5, 0.6) is 0 Å². The molecule has 0 spiro atoms. The second-order valence-corrected chi connectivity index (χ2v) is 3.50. The highest BCUT2D eigenvalue weighted by Gasteiger charge is 2.15. The number of hydrogen-bond acceptors (Lipinski definition) is 1. The number of carbonyl (C=O) groups excluding carboxylic acids is 1. The summed E-state index contributed by atoms with van der Waals surface area (Å²) in [4.78, 5) is 13.0. The molecule has 0 heterocycles. The van der Waals surface area contributed by atoms with Crippen molar-refractivity contribution in [2.24, 2.45) is 0 Å². The minimum atomic E-state index is -0.481. The average Bonchev–Trinajstić information content (AvgIpc) is 2.17. The molecule has 0 aliphatic heterocycles. The fraction of sp³-hybridized carbons (Fsp3) is 0.300. The van der Waals surface area contributed by atoms with Crippen molar-refractivity contribution in [3.8, 4) is 0 Å². The number of para-hydroxylation sites is 1. The van der Waals surface area contributed by atoms with E-state index in [4.69, 9.17) is 11.6 Å². The molecule has 0 unspecified atom stereocenters. The number of nitrogens with zero attached hydrogens (tertiary/aromatic N) is 1. The third-order valence-corrected chi connectivity index (χ3v) is 2.00. The van der Waals surface area contributed by atoms with Gasteiger partial charge >= 0.3 is 0 Å². The fourth-order valence-corrected chi connectivity index (χ4v) is 1.19. The van der Waals surface area contributed by atoms with Crippen LogP contribution in [0.25, 0.3) is 0 Å². The molecule has 1 atom stereocenters. The predicted molar refractivity (Wildman–Crippen MR) is 55.2 cm³/mol. The molecular formula is C10H12ClNO. The quantitative estimate of drug-likeness (QED) is 0.667. The van der Waals surface area contributed by atoms with Gasteiger partial charge in [-0.1, -0.05) is 18.2 Å². The van der Waals surface area contributed by atoms with E-state index >= 15 is 0 Å². The third-order valence-electron chi connectivity index (χ3n) is 1.81. The van der Waals surface area contributed by atoms with Gasteiger partial charge in [-0.3, -0.25) is 4.79 Å². The van der Waals surface area contributed by atoms with Crippen molar-refractivity contribution in [3.05, 3.63) is 30.3 Å². The van der Waals surface area contributed by atoms with Gasteiger partial charge in [0, 0.05) is 12.7 Å². The molecule has 70 valence electrons. The first kappa shape index (κ1) is 10.1. The maximum absolute atomic E-state index is 11.4. The summed E-state index contributed by atoms with van der Waals surface area (Å²) >= 11 is 5.68. The molecule has 1 rings (SSSR count). The van der Waals surface area contributed by atoms with E-state index in [-0.39, 0.29) is 5.91 Å². The van der Waals surface area contributed by atoms with Crippen LogP contribution in [0.3, 0.4) is 0 Å². The van der Waals surface area contributed by atoms with Crippen LogP contribution >= 0.6 is 11.6 Å². The van der Waals surface area contributed by atoms with Gasteiger partial charge < -0.3 is 4.90 Å². The van der Waals surface area contributed by atoms with E-state index in [1.54, 1.807) is 18.9 Å². The Morgan fingerprint density at radius 1 is 1.38 bits per heavy atom. The van der Waals surface area contributed by atoms with E-state index in [0.717, 1.165) is 5.69 Å². The number of anilines is 1. The van der Waals surface area contributed by atoms with Crippen LogP contribution in [0, 0.1) is 0 Å². The van der Waals surface area contributed by atoms with Gasteiger partial charge in [-0.25, -0.2) is 0 Å². The molecule has 1 aromatic carbocycles. The number of benzene rings is 1. The molecule has 0 radical (unpaired) electrons. The maximum atomic E-state index is 11.4. The molecule has 13 heavy (non-hydrogen) atoms. The van der Waals surface area contributed by atoms with Gasteiger partial charge in [0.25, 0.3) is 0 Å². The summed E-state index contributed by atoms with van der Waals surface area (Å²) in [5.41, 5.74) is 0.861. The molecule has 3 heteroatoms. The average molecular weight is 198 g/mol. The fourth-order valence-electron chi connectivity index (χ4n) is 1.05. The smallest absolute Gasteiger partial charge is 0.244 e. The highest BCUT2D eigenvalue weighted by molar-refractivity contribution is 6.32. The first-order valence-electron chi connectivity index (χ1n) is 4.09. The van der Waals surface area contributed by atoms with Crippen molar-refractivity contribution >= 4 is 23.2 Å². The van der Waals surface area contributed by atoms with Gasteiger partial charge in [-0.15, -0.1) is 11.6 Å². The first-order chi connectivity index (χ1) is 6.13. The Bertz CT molecular complexity index is 284. The summed E-state index contributed by atoms with van der Waals surface area (Å²) in [7, 11) is 1.72. The number of halogens is 1. The Morgan fingerprint density at radius 3 is 2.38 bits per heavy atom. The number of alkyl halides is 1. The molecule has 0 bridgehead atoms. The van der Waals surface area contributed by atoms with Gasteiger partial charge in [0.05, 0.1) is 0 Å². The van der Waals surface area contributed by atoms with Crippen molar-refractivity contribution in [2.45, 2.75) is 12.3 Å². The Labute approximate surface area is 83.1 Å². The second kappa shape index (κ2) is 4.28. The molecule has 0 N–H and O–H groups in total. The normalized spacial score (nSPS) is 12.2. The lowest BCUT2D eigenvalue weighted by molar-refractivity contribution is -0.117. The molecular weight excluding hydrogens is 186 g/mol. The van der Waals surface area contributed by atoms with Crippen molar-refractivity contribution < 1.29 is 4.79 Å². The highest BCUT2D eigenvalue weighted by atomic mass is 35.5. The molecule has 0 saturated carbocycles. The molecule has 1 aromatic rings. The largest absolute Gasteiger partial charge is 0.314 e. The molecule has 0 aliphatic rings. The molecule has 0 saturated heterocycles. The van der Waals surface area contributed by atoms with Crippen LogP contribution in [0.15, 0.2) is 30.3 Å². The van der Waals surface area contributed by atoms with Gasteiger partial charge in [-0.2, -0.15) is 0 Å². The lowest BCUT2D eigenvalue weighted by atomic mass is 10.3. The van der Waals surface area contributed by atoms with Crippen molar-refractivity contribution in [1.82, 2.24) is 0 Å². The number of hydrogen-bond donors (Lipinski definition) is 0. The maximum Gasteiger partial charge on any atom is 0.244 e. The summed E-state index contributed by atoms with van der Waals surface area (Å²) in [5, 5.41) is -0.481. The summed E-state index contributed by atoms with van der Waals surface area (Å²) in [5.74, 6) is -0.0899. The van der Waals surface area contributed by atoms with Crippen molar-refractivity contribution in [3.63, 3.8) is 0 Å². The number of rotatable bonds is 2. The van der Waals surface area contributed by atoms with Crippen LogP contribution in [0.4, 0.5) is 5.69 Å². The van der Waals surface area contributed by atoms with E-state index in [2.05, 4.69) is 0 Å². The van der Waals surface area contributed by atoms with E-state index in [0.29, 0.717) is 0 Å². The van der Waals surface area contributed by atoms with Crippen molar-refractivity contribution in [2.75, 3.05) is 11.9 Å². The Balaban J connectivity index is 2.80.